The second-order valence-electron chi connectivity index (χ2n) is 6.36. The molecule has 0 unspecified atom stereocenters. The average Bonchev–Trinajstić information content (AvgIpc) is 3.24. The van der Waals surface area contributed by atoms with Crippen molar-refractivity contribution >= 4 is 39.2 Å². The molecule has 0 aromatic carbocycles. The minimum Gasteiger partial charge on any atom is -0.339 e. The predicted molar refractivity (Wildman–Crippen MR) is 95.2 cm³/mol. The predicted octanol–water partition coefficient (Wildman–Crippen LogP) is 2.73. The Bertz CT molecular complexity index is 777. The van der Waals surface area contributed by atoms with E-state index in [1.807, 2.05) is 10.3 Å². The summed E-state index contributed by atoms with van der Waals surface area (Å²) in [5.41, 5.74) is -0.0487. The van der Waals surface area contributed by atoms with Gasteiger partial charge in [-0.1, -0.05) is 25.6 Å². The number of thiophene rings is 1. The molecule has 1 aliphatic rings. The summed E-state index contributed by atoms with van der Waals surface area (Å²) < 4.78 is 1.54. The van der Waals surface area contributed by atoms with Crippen LogP contribution < -0.4 is 5.56 Å². The molecule has 2 aromatic heterocycles. The largest absolute Gasteiger partial charge is 0.339 e. The van der Waals surface area contributed by atoms with Crippen LogP contribution in [0.3, 0.4) is 0 Å². The van der Waals surface area contributed by atoms with Gasteiger partial charge in [-0.3, -0.25) is 14.2 Å². The van der Waals surface area contributed by atoms with Crippen molar-refractivity contribution in [3.63, 3.8) is 0 Å². The first-order chi connectivity index (χ1) is 11.0. The Balaban J connectivity index is 1.73. The number of aromatic nitrogens is 2. The van der Waals surface area contributed by atoms with E-state index in [0.717, 1.165) is 24.2 Å². The Morgan fingerprint density at radius 1 is 1.52 bits per heavy atom. The normalized spacial score (nSPS) is 14.6. The molecule has 0 atom stereocenters. The molecular weight excluding hydrogens is 330 g/mol. The monoisotopic (exact) mass is 351 g/mol. The third-order valence-corrected chi connectivity index (χ3v) is 5.68. The molecule has 0 aliphatic heterocycles. The van der Waals surface area contributed by atoms with E-state index in [4.69, 9.17) is 0 Å². The van der Waals surface area contributed by atoms with E-state index in [-0.39, 0.29) is 11.5 Å². The maximum absolute atomic E-state index is 12.5. The van der Waals surface area contributed by atoms with Gasteiger partial charge >= 0.3 is 0 Å². The van der Waals surface area contributed by atoms with Gasteiger partial charge in [0.1, 0.15) is 4.83 Å². The van der Waals surface area contributed by atoms with E-state index in [9.17, 15) is 9.59 Å². The van der Waals surface area contributed by atoms with E-state index in [0.29, 0.717) is 28.3 Å². The molecular formula is C16H21N3O2S2. The van der Waals surface area contributed by atoms with Crippen LogP contribution in [-0.4, -0.2) is 38.7 Å². The number of amides is 1. The number of hydrogen-bond donors (Lipinski definition) is 0. The van der Waals surface area contributed by atoms with Gasteiger partial charge in [0.05, 0.1) is 11.1 Å². The summed E-state index contributed by atoms with van der Waals surface area (Å²) in [5, 5.41) is 3.13. The Hall–Kier alpha value is -1.34. The van der Waals surface area contributed by atoms with Gasteiger partial charge in [-0.2, -0.15) is 0 Å². The lowest BCUT2D eigenvalue weighted by Crippen LogP contribution is -2.37. The zero-order chi connectivity index (χ0) is 16.6. The maximum Gasteiger partial charge on any atom is 0.262 e. The SMILES string of the molecule is CC(C)CN(C(=O)CSc1nc2sccc2c(=O)n1C)C1CC1. The summed E-state index contributed by atoms with van der Waals surface area (Å²) in [6.07, 6.45) is 2.22. The van der Waals surface area contributed by atoms with Crippen molar-refractivity contribution in [1.82, 2.24) is 14.5 Å². The summed E-state index contributed by atoms with van der Waals surface area (Å²) >= 11 is 2.81. The molecule has 0 saturated heterocycles. The van der Waals surface area contributed by atoms with Crippen molar-refractivity contribution in [3.05, 3.63) is 21.8 Å². The molecule has 1 amide bonds. The molecule has 3 rings (SSSR count). The Labute approximate surface area is 143 Å². The van der Waals surface area contributed by atoms with Crippen molar-refractivity contribution in [2.24, 2.45) is 13.0 Å². The fraction of sp³-hybridized carbons (Fsp3) is 0.562. The molecule has 0 N–H and O–H groups in total. The average molecular weight is 351 g/mol. The summed E-state index contributed by atoms with van der Waals surface area (Å²) in [6.45, 7) is 5.07. The molecule has 1 fully saturated rings. The lowest BCUT2D eigenvalue weighted by atomic mass is 10.2. The van der Waals surface area contributed by atoms with E-state index >= 15 is 0 Å². The van der Waals surface area contributed by atoms with Gasteiger partial charge in [0.25, 0.3) is 5.56 Å². The third kappa shape index (κ3) is 3.61. The van der Waals surface area contributed by atoms with E-state index in [2.05, 4.69) is 18.8 Å². The number of thioether (sulfide) groups is 1. The number of hydrogen-bond acceptors (Lipinski definition) is 5. The highest BCUT2D eigenvalue weighted by molar-refractivity contribution is 7.99. The molecule has 124 valence electrons. The summed E-state index contributed by atoms with van der Waals surface area (Å²) in [5.74, 6) is 0.946. The Morgan fingerprint density at radius 2 is 2.26 bits per heavy atom. The Morgan fingerprint density at radius 3 is 2.91 bits per heavy atom. The highest BCUT2D eigenvalue weighted by Crippen LogP contribution is 2.29. The lowest BCUT2D eigenvalue weighted by Gasteiger charge is -2.24. The molecule has 5 nitrogen and oxygen atoms in total. The van der Waals surface area contributed by atoms with Crippen LogP contribution in [0.25, 0.3) is 10.2 Å². The van der Waals surface area contributed by atoms with Gasteiger partial charge in [-0.05, 0) is 30.2 Å². The molecule has 2 heterocycles. The van der Waals surface area contributed by atoms with Gasteiger partial charge < -0.3 is 4.90 Å². The van der Waals surface area contributed by atoms with Crippen LogP contribution in [0.4, 0.5) is 0 Å². The van der Waals surface area contributed by atoms with Crippen LogP contribution in [0.15, 0.2) is 21.4 Å². The van der Waals surface area contributed by atoms with Crippen LogP contribution in [0.5, 0.6) is 0 Å². The fourth-order valence-corrected chi connectivity index (χ4v) is 4.22. The zero-order valence-corrected chi connectivity index (χ0v) is 15.2. The first kappa shape index (κ1) is 16.5. The van der Waals surface area contributed by atoms with Gasteiger partial charge in [-0.25, -0.2) is 4.98 Å². The lowest BCUT2D eigenvalue weighted by molar-refractivity contribution is -0.129. The topological polar surface area (TPSA) is 55.2 Å². The van der Waals surface area contributed by atoms with Gasteiger partial charge in [0.15, 0.2) is 5.16 Å². The van der Waals surface area contributed by atoms with Crippen molar-refractivity contribution in [2.75, 3.05) is 12.3 Å². The summed E-state index contributed by atoms with van der Waals surface area (Å²) in [7, 11) is 1.71. The van der Waals surface area contributed by atoms with Crippen molar-refractivity contribution < 1.29 is 4.79 Å². The minimum atomic E-state index is -0.0487. The van der Waals surface area contributed by atoms with Crippen LogP contribution in [0, 0.1) is 5.92 Å². The third-order valence-electron chi connectivity index (χ3n) is 3.86. The molecule has 0 spiro atoms. The molecule has 2 aromatic rings. The van der Waals surface area contributed by atoms with Crippen molar-refractivity contribution in [1.29, 1.82) is 0 Å². The standard InChI is InChI=1S/C16H21N3O2S2/c1-10(2)8-19(11-4-5-11)13(20)9-23-16-17-14-12(6-7-22-14)15(21)18(16)3/h6-7,10-11H,4-5,8-9H2,1-3H3. The van der Waals surface area contributed by atoms with Crippen LogP contribution in [-0.2, 0) is 11.8 Å². The molecule has 7 heteroatoms. The van der Waals surface area contributed by atoms with Gasteiger partial charge in [-0.15, -0.1) is 11.3 Å². The van der Waals surface area contributed by atoms with E-state index in [1.165, 1.54) is 27.7 Å². The second kappa shape index (κ2) is 6.65. The zero-order valence-electron chi connectivity index (χ0n) is 13.6. The minimum absolute atomic E-state index is 0.0487. The second-order valence-corrected chi connectivity index (χ2v) is 8.19. The number of carbonyl (C=O) groups is 1. The van der Waals surface area contributed by atoms with Crippen LogP contribution in [0.1, 0.15) is 26.7 Å². The molecule has 0 bridgehead atoms. The van der Waals surface area contributed by atoms with Crippen LogP contribution >= 0.6 is 23.1 Å². The van der Waals surface area contributed by atoms with Crippen molar-refractivity contribution in [3.8, 4) is 0 Å². The molecule has 1 aliphatic carbocycles. The highest BCUT2D eigenvalue weighted by atomic mass is 32.2. The maximum atomic E-state index is 12.5. The Kier molecular flexibility index (Phi) is 4.77. The van der Waals surface area contributed by atoms with E-state index < -0.39 is 0 Å². The number of carbonyl (C=O) groups excluding carboxylic acids is 1. The smallest absolute Gasteiger partial charge is 0.262 e. The number of fused-ring (bicyclic) bond motifs is 1. The first-order valence-electron chi connectivity index (χ1n) is 7.84. The molecule has 23 heavy (non-hydrogen) atoms. The summed E-state index contributed by atoms with van der Waals surface area (Å²) in [4.78, 5) is 32.1. The molecule has 0 radical (unpaired) electrons. The van der Waals surface area contributed by atoms with Crippen molar-refractivity contribution in [2.45, 2.75) is 37.9 Å². The van der Waals surface area contributed by atoms with E-state index in [1.54, 1.807) is 13.1 Å². The number of nitrogens with zero attached hydrogens (tertiary/aromatic N) is 3. The quantitative estimate of drug-likeness (QED) is 0.593. The number of rotatable bonds is 6. The summed E-state index contributed by atoms with van der Waals surface area (Å²) in [6, 6.07) is 2.22. The van der Waals surface area contributed by atoms with Gasteiger partial charge in [0, 0.05) is 19.6 Å². The van der Waals surface area contributed by atoms with Gasteiger partial charge in [0.2, 0.25) is 5.91 Å². The first-order valence-corrected chi connectivity index (χ1v) is 9.70. The fourth-order valence-electron chi connectivity index (χ4n) is 2.55. The molecule has 1 saturated carbocycles. The highest BCUT2D eigenvalue weighted by Gasteiger charge is 2.32. The van der Waals surface area contributed by atoms with Crippen LogP contribution in [0.2, 0.25) is 0 Å².